The molecule has 1 fully saturated rings. The molecule has 4 rings (SSSR count). The summed E-state index contributed by atoms with van der Waals surface area (Å²) in [6, 6.07) is 10.9. The number of methoxy groups -OCH3 is 1. The van der Waals surface area contributed by atoms with Crippen molar-refractivity contribution >= 4 is 16.8 Å². The maximum absolute atomic E-state index is 10.1. The highest BCUT2D eigenvalue weighted by Gasteiger charge is 2.33. The number of nitrogens with zero attached hydrogens (tertiary/aromatic N) is 4. The van der Waals surface area contributed by atoms with Crippen LogP contribution >= 0.6 is 0 Å². The molecule has 0 radical (unpaired) electrons. The van der Waals surface area contributed by atoms with E-state index in [9.17, 15) is 5.26 Å². The Labute approximate surface area is 190 Å². The molecule has 2 aromatic carbocycles. The Hall–Kier alpha value is -3.04. The third-order valence-electron chi connectivity index (χ3n) is 6.39. The van der Waals surface area contributed by atoms with Gasteiger partial charge in [-0.3, -0.25) is 0 Å². The third-order valence-corrected chi connectivity index (χ3v) is 6.39. The van der Waals surface area contributed by atoms with Gasteiger partial charge < -0.3 is 19.0 Å². The Kier molecular flexibility index (Phi) is 5.64. The minimum atomic E-state index is -0.260. The van der Waals surface area contributed by atoms with Gasteiger partial charge in [0.1, 0.15) is 17.3 Å². The first kappa shape index (κ1) is 22.2. The zero-order valence-corrected chi connectivity index (χ0v) is 20.1. The van der Waals surface area contributed by atoms with Crippen molar-refractivity contribution in [2.45, 2.75) is 45.6 Å². The van der Waals surface area contributed by atoms with Crippen LogP contribution in [-0.4, -0.2) is 50.2 Å². The standard InChI is InChI=1S/C26H32N4O2/c1-16-20(14-27)22-24(32-25(28-22)26(2,3)4)23(30-12-11-18(15-30)29(5)6)21(16)17-9-8-10-19(13-17)31-7/h8-10,13,18H,11-12,15H2,1-7H3. The van der Waals surface area contributed by atoms with Crippen LogP contribution in [0.4, 0.5) is 5.69 Å². The highest BCUT2D eigenvalue weighted by Crippen LogP contribution is 2.45. The second-order valence-corrected chi connectivity index (χ2v) is 9.87. The van der Waals surface area contributed by atoms with E-state index in [1.807, 2.05) is 25.1 Å². The van der Waals surface area contributed by atoms with Gasteiger partial charge in [-0.2, -0.15) is 5.26 Å². The minimum absolute atomic E-state index is 0.260. The normalized spacial score (nSPS) is 16.7. The lowest BCUT2D eigenvalue weighted by Gasteiger charge is -2.26. The summed E-state index contributed by atoms with van der Waals surface area (Å²) in [5.41, 5.74) is 5.65. The zero-order valence-electron chi connectivity index (χ0n) is 20.1. The zero-order chi connectivity index (χ0) is 23.2. The Morgan fingerprint density at radius 3 is 2.62 bits per heavy atom. The molecule has 32 heavy (non-hydrogen) atoms. The fourth-order valence-electron chi connectivity index (χ4n) is 4.50. The lowest BCUT2D eigenvalue weighted by atomic mass is 9.93. The van der Waals surface area contributed by atoms with Crippen molar-refractivity contribution in [1.82, 2.24) is 9.88 Å². The molecule has 0 spiro atoms. The number of aromatic nitrogens is 1. The average Bonchev–Trinajstić information content (AvgIpc) is 3.40. The Morgan fingerprint density at radius 1 is 1.28 bits per heavy atom. The third kappa shape index (κ3) is 3.71. The smallest absolute Gasteiger partial charge is 0.201 e. The van der Waals surface area contributed by atoms with Gasteiger partial charge >= 0.3 is 0 Å². The maximum atomic E-state index is 10.1. The van der Waals surface area contributed by atoms with Crippen LogP contribution in [0.1, 0.15) is 44.2 Å². The molecule has 1 saturated heterocycles. The number of rotatable bonds is 4. The molecule has 0 saturated carbocycles. The number of oxazole rings is 1. The Balaban J connectivity index is 2.06. The van der Waals surface area contributed by atoms with Gasteiger partial charge in [0.05, 0.1) is 18.4 Å². The lowest BCUT2D eigenvalue weighted by Crippen LogP contribution is -2.31. The molecule has 1 aliphatic rings. The maximum Gasteiger partial charge on any atom is 0.201 e. The number of anilines is 1. The molecule has 0 bridgehead atoms. The summed E-state index contributed by atoms with van der Waals surface area (Å²) in [6.45, 7) is 10.1. The number of likely N-dealkylation sites (N-methyl/N-ethyl adjacent to an activating group) is 1. The number of ether oxygens (including phenoxy) is 1. The van der Waals surface area contributed by atoms with Gasteiger partial charge in [0.2, 0.25) is 5.89 Å². The topological polar surface area (TPSA) is 65.5 Å². The van der Waals surface area contributed by atoms with Crippen LogP contribution in [-0.2, 0) is 5.41 Å². The van der Waals surface area contributed by atoms with E-state index in [2.05, 4.69) is 56.8 Å². The van der Waals surface area contributed by atoms with E-state index >= 15 is 0 Å². The molecule has 1 unspecified atom stereocenters. The molecule has 0 aliphatic carbocycles. The van der Waals surface area contributed by atoms with Crippen molar-refractivity contribution in [1.29, 1.82) is 5.26 Å². The van der Waals surface area contributed by atoms with Gasteiger partial charge in [-0.05, 0) is 50.7 Å². The molecule has 6 heteroatoms. The van der Waals surface area contributed by atoms with E-state index in [4.69, 9.17) is 14.1 Å². The molecule has 2 heterocycles. The molecule has 1 aromatic heterocycles. The van der Waals surface area contributed by atoms with Gasteiger partial charge in [-0.25, -0.2) is 4.98 Å². The second kappa shape index (κ2) is 8.14. The average molecular weight is 433 g/mol. The quantitative estimate of drug-likeness (QED) is 0.570. The Morgan fingerprint density at radius 2 is 2.03 bits per heavy atom. The van der Waals surface area contributed by atoms with E-state index < -0.39 is 0 Å². The largest absolute Gasteiger partial charge is 0.497 e. The van der Waals surface area contributed by atoms with E-state index in [0.717, 1.165) is 47.6 Å². The summed E-state index contributed by atoms with van der Waals surface area (Å²) in [7, 11) is 5.93. The molecule has 3 aromatic rings. The fourth-order valence-corrected chi connectivity index (χ4v) is 4.50. The van der Waals surface area contributed by atoms with Gasteiger partial charge in [0, 0.05) is 30.1 Å². The van der Waals surface area contributed by atoms with E-state index in [0.29, 0.717) is 28.6 Å². The van der Waals surface area contributed by atoms with Crippen LogP contribution in [0.5, 0.6) is 5.75 Å². The molecular weight excluding hydrogens is 400 g/mol. The summed E-state index contributed by atoms with van der Waals surface area (Å²) >= 11 is 0. The predicted octanol–water partition coefficient (Wildman–Crippen LogP) is 5.12. The van der Waals surface area contributed by atoms with E-state index in [1.54, 1.807) is 7.11 Å². The molecule has 0 N–H and O–H groups in total. The number of fused-ring (bicyclic) bond motifs is 1. The van der Waals surface area contributed by atoms with Crippen molar-refractivity contribution in [2.75, 3.05) is 39.2 Å². The predicted molar refractivity (Wildman–Crippen MR) is 128 cm³/mol. The lowest BCUT2D eigenvalue weighted by molar-refractivity contribution is 0.315. The van der Waals surface area contributed by atoms with Crippen LogP contribution in [0.15, 0.2) is 28.7 Å². The van der Waals surface area contributed by atoms with Crippen LogP contribution in [0.2, 0.25) is 0 Å². The number of hydrogen-bond acceptors (Lipinski definition) is 6. The summed E-state index contributed by atoms with van der Waals surface area (Å²) in [5, 5.41) is 10.1. The van der Waals surface area contributed by atoms with Gasteiger partial charge in [0.25, 0.3) is 0 Å². The van der Waals surface area contributed by atoms with Crippen LogP contribution in [0, 0.1) is 18.3 Å². The first-order chi connectivity index (χ1) is 15.2. The second-order valence-electron chi connectivity index (χ2n) is 9.87. The summed E-state index contributed by atoms with van der Waals surface area (Å²) in [6.07, 6.45) is 1.07. The summed E-state index contributed by atoms with van der Waals surface area (Å²) in [5.74, 6) is 1.43. The molecule has 168 valence electrons. The first-order valence-corrected chi connectivity index (χ1v) is 11.1. The minimum Gasteiger partial charge on any atom is -0.497 e. The van der Waals surface area contributed by atoms with Crippen LogP contribution in [0.25, 0.3) is 22.2 Å². The van der Waals surface area contributed by atoms with Crippen molar-refractivity contribution in [3.63, 3.8) is 0 Å². The molecule has 0 amide bonds. The van der Waals surface area contributed by atoms with Crippen molar-refractivity contribution in [3.05, 3.63) is 41.3 Å². The summed E-state index contributed by atoms with van der Waals surface area (Å²) in [4.78, 5) is 9.49. The fraction of sp³-hybridized carbons (Fsp3) is 0.462. The van der Waals surface area contributed by atoms with Crippen molar-refractivity contribution in [3.8, 4) is 22.9 Å². The monoisotopic (exact) mass is 432 g/mol. The Bertz CT molecular complexity index is 1200. The number of hydrogen-bond donors (Lipinski definition) is 0. The van der Waals surface area contributed by atoms with Gasteiger partial charge in [-0.1, -0.05) is 32.9 Å². The van der Waals surface area contributed by atoms with Crippen LogP contribution in [0.3, 0.4) is 0 Å². The first-order valence-electron chi connectivity index (χ1n) is 11.1. The van der Waals surface area contributed by atoms with Crippen molar-refractivity contribution < 1.29 is 9.15 Å². The molecule has 6 nitrogen and oxygen atoms in total. The van der Waals surface area contributed by atoms with Crippen LogP contribution < -0.4 is 9.64 Å². The SMILES string of the molecule is COc1cccc(-c2c(C)c(C#N)c3nc(C(C)(C)C)oc3c2N2CCC(N(C)C)C2)c1. The van der Waals surface area contributed by atoms with E-state index in [-0.39, 0.29) is 5.41 Å². The highest BCUT2D eigenvalue weighted by molar-refractivity contribution is 6.02. The number of nitriles is 1. The van der Waals surface area contributed by atoms with Crippen molar-refractivity contribution in [2.24, 2.45) is 0 Å². The molecule has 1 atom stereocenters. The highest BCUT2D eigenvalue weighted by atomic mass is 16.5. The summed E-state index contributed by atoms with van der Waals surface area (Å²) < 4.78 is 11.9. The van der Waals surface area contributed by atoms with E-state index in [1.165, 1.54) is 0 Å². The van der Waals surface area contributed by atoms with Gasteiger partial charge in [0.15, 0.2) is 5.58 Å². The number of benzene rings is 2. The van der Waals surface area contributed by atoms with Gasteiger partial charge in [-0.15, -0.1) is 0 Å². The molecular formula is C26H32N4O2. The molecule has 1 aliphatic heterocycles.